The van der Waals surface area contributed by atoms with Gasteiger partial charge in [-0.2, -0.15) is 11.3 Å². The van der Waals surface area contributed by atoms with Crippen molar-refractivity contribution in [2.24, 2.45) is 0 Å². The third-order valence-electron chi connectivity index (χ3n) is 4.52. The molecule has 0 aliphatic carbocycles. The van der Waals surface area contributed by atoms with Gasteiger partial charge in [0.2, 0.25) is 0 Å². The summed E-state index contributed by atoms with van der Waals surface area (Å²) in [7, 11) is 1.73. The van der Waals surface area contributed by atoms with Gasteiger partial charge in [-0.1, -0.05) is 6.07 Å². The minimum absolute atomic E-state index is 0.0320. The lowest BCUT2D eigenvalue weighted by Gasteiger charge is -2.30. The molecular formula is C17H17N3O2S2. The average Bonchev–Trinajstić information content (AvgIpc) is 3.31. The van der Waals surface area contributed by atoms with Crippen LogP contribution in [0.5, 0.6) is 0 Å². The van der Waals surface area contributed by atoms with E-state index in [0.29, 0.717) is 18.7 Å². The average molecular weight is 359 g/mol. The lowest BCUT2D eigenvalue weighted by atomic mass is 9.98. The normalized spacial score (nSPS) is 20.6. The van der Waals surface area contributed by atoms with Crippen LogP contribution in [0.15, 0.2) is 45.6 Å². The number of urea groups is 1. The summed E-state index contributed by atoms with van der Waals surface area (Å²) in [6.07, 6.45) is 0.845. The topological polar surface area (TPSA) is 52.7 Å². The van der Waals surface area contributed by atoms with Crippen molar-refractivity contribution in [3.8, 4) is 0 Å². The highest BCUT2D eigenvalue weighted by molar-refractivity contribution is 7.09. The number of hydrogen-bond acceptors (Lipinski definition) is 4. The molecule has 4 rings (SSSR count). The highest BCUT2D eigenvalue weighted by Crippen LogP contribution is 2.36. The van der Waals surface area contributed by atoms with Gasteiger partial charge >= 0.3 is 6.03 Å². The highest BCUT2D eigenvalue weighted by Gasteiger charge is 2.42. The quantitative estimate of drug-likeness (QED) is 0.913. The Kier molecular flexibility index (Phi) is 3.90. The minimum Gasteiger partial charge on any atom is -0.333 e. The lowest BCUT2D eigenvalue weighted by Crippen LogP contribution is -2.45. The molecular weight excluding hydrogens is 342 g/mol. The van der Waals surface area contributed by atoms with Crippen molar-refractivity contribution < 1.29 is 9.59 Å². The second-order valence-corrected chi connectivity index (χ2v) is 7.73. The van der Waals surface area contributed by atoms with Crippen molar-refractivity contribution in [2.45, 2.75) is 12.5 Å². The van der Waals surface area contributed by atoms with Crippen molar-refractivity contribution in [1.29, 1.82) is 0 Å². The first kappa shape index (κ1) is 15.4. The molecule has 0 unspecified atom stereocenters. The Bertz CT molecular complexity index is 796. The van der Waals surface area contributed by atoms with Crippen LogP contribution in [0.4, 0.5) is 4.79 Å². The van der Waals surface area contributed by atoms with Gasteiger partial charge in [-0.3, -0.25) is 9.69 Å². The first-order valence-electron chi connectivity index (χ1n) is 7.76. The molecule has 1 atom stereocenters. The fourth-order valence-electron chi connectivity index (χ4n) is 3.19. The van der Waals surface area contributed by atoms with Crippen molar-refractivity contribution in [3.63, 3.8) is 0 Å². The van der Waals surface area contributed by atoms with E-state index in [1.54, 1.807) is 34.6 Å². The van der Waals surface area contributed by atoms with E-state index in [-0.39, 0.29) is 18.0 Å². The standard InChI is InChI=1S/C17H17N3O2S2/c1-19-13-9-20(6-4-12-3-2-7-24-12)16(21)14(13)15(18-17(19)22)11-5-8-23-10-11/h2-3,5,7-8,10,15H,4,6,9H2,1H3,(H,18,22)/t15-/m1/s1. The maximum Gasteiger partial charge on any atom is 0.322 e. The molecule has 0 saturated heterocycles. The zero-order valence-corrected chi connectivity index (χ0v) is 14.8. The first-order valence-corrected chi connectivity index (χ1v) is 9.58. The Morgan fingerprint density at radius 1 is 1.29 bits per heavy atom. The Labute approximate surface area is 148 Å². The molecule has 7 heteroatoms. The molecule has 2 aliphatic rings. The number of carbonyl (C=O) groups is 2. The van der Waals surface area contributed by atoms with Gasteiger partial charge in [-0.05, 0) is 40.3 Å². The van der Waals surface area contributed by atoms with Crippen molar-refractivity contribution in [2.75, 3.05) is 20.1 Å². The number of thiophene rings is 2. The fraction of sp³-hybridized carbons (Fsp3) is 0.294. The summed E-state index contributed by atoms with van der Waals surface area (Å²) in [6, 6.07) is 5.58. The number of hydrogen-bond donors (Lipinski definition) is 1. The van der Waals surface area contributed by atoms with E-state index < -0.39 is 0 Å². The van der Waals surface area contributed by atoms with Crippen molar-refractivity contribution in [1.82, 2.24) is 15.1 Å². The summed E-state index contributed by atoms with van der Waals surface area (Å²) < 4.78 is 0. The molecule has 3 amide bonds. The zero-order chi connectivity index (χ0) is 16.7. The van der Waals surface area contributed by atoms with Crippen LogP contribution in [0.2, 0.25) is 0 Å². The van der Waals surface area contributed by atoms with E-state index in [4.69, 9.17) is 0 Å². The SMILES string of the molecule is CN1C(=O)N[C@H](c2ccsc2)C2=C1CN(CCc1cccs1)C2=O. The number of likely N-dealkylation sites (N-methyl/N-ethyl adjacent to an activating group) is 1. The van der Waals surface area contributed by atoms with Gasteiger partial charge in [0.1, 0.15) is 0 Å². The van der Waals surface area contributed by atoms with E-state index in [2.05, 4.69) is 11.4 Å². The molecule has 24 heavy (non-hydrogen) atoms. The van der Waals surface area contributed by atoms with E-state index in [9.17, 15) is 9.59 Å². The van der Waals surface area contributed by atoms with Gasteiger partial charge in [0.15, 0.2) is 0 Å². The second kappa shape index (κ2) is 6.07. The molecule has 0 fully saturated rings. The van der Waals surface area contributed by atoms with Crippen LogP contribution >= 0.6 is 22.7 Å². The Balaban J connectivity index is 1.59. The highest BCUT2D eigenvalue weighted by atomic mass is 32.1. The molecule has 124 valence electrons. The van der Waals surface area contributed by atoms with Gasteiger partial charge in [-0.25, -0.2) is 4.79 Å². The first-order chi connectivity index (χ1) is 11.6. The molecule has 2 aliphatic heterocycles. The van der Waals surface area contributed by atoms with Gasteiger partial charge in [0.05, 0.1) is 23.9 Å². The number of rotatable bonds is 4. The van der Waals surface area contributed by atoms with E-state index in [1.165, 1.54) is 4.88 Å². The van der Waals surface area contributed by atoms with Crippen molar-refractivity contribution >= 4 is 34.6 Å². The number of nitrogens with one attached hydrogen (secondary N) is 1. The molecule has 0 saturated carbocycles. The second-order valence-electron chi connectivity index (χ2n) is 5.91. The summed E-state index contributed by atoms with van der Waals surface area (Å²) in [4.78, 5) is 29.9. The van der Waals surface area contributed by atoms with E-state index in [0.717, 1.165) is 17.7 Å². The van der Waals surface area contributed by atoms with Gasteiger partial charge in [0.25, 0.3) is 5.91 Å². The van der Waals surface area contributed by atoms with Crippen LogP contribution in [0, 0.1) is 0 Å². The smallest absolute Gasteiger partial charge is 0.322 e. The predicted octanol–water partition coefficient (Wildman–Crippen LogP) is 2.84. The fourth-order valence-corrected chi connectivity index (χ4v) is 4.58. The Morgan fingerprint density at radius 2 is 2.17 bits per heavy atom. The van der Waals surface area contributed by atoms with Gasteiger partial charge in [0, 0.05) is 18.5 Å². The Hall–Kier alpha value is -2.12. The zero-order valence-electron chi connectivity index (χ0n) is 13.2. The summed E-state index contributed by atoms with van der Waals surface area (Å²) in [5, 5.41) is 8.95. The summed E-state index contributed by atoms with van der Waals surface area (Å²) in [5.74, 6) is 0.0320. The molecule has 0 radical (unpaired) electrons. The van der Waals surface area contributed by atoms with Crippen LogP contribution in [-0.2, 0) is 11.2 Å². The minimum atomic E-state index is -0.339. The number of carbonyl (C=O) groups excluding carboxylic acids is 2. The maximum atomic E-state index is 13.0. The molecule has 0 bridgehead atoms. The van der Waals surface area contributed by atoms with Crippen LogP contribution < -0.4 is 5.32 Å². The van der Waals surface area contributed by atoms with E-state index >= 15 is 0 Å². The lowest BCUT2D eigenvalue weighted by molar-refractivity contribution is -0.125. The van der Waals surface area contributed by atoms with Crippen molar-refractivity contribution in [3.05, 3.63) is 56.1 Å². The molecule has 1 N–H and O–H groups in total. The van der Waals surface area contributed by atoms with Crippen LogP contribution in [0.1, 0.15) is 16.5 Å². The van der Waals surface area contributed by atoms with E-state index in [1.807, 2.05) is 33.2 Å². The summed E-state index contributed by atoms with van der Waals surface area (Å²) in [5.41, 5.74) is 2.51. The van der Waals surface area contributed by atoms with Gasteiger partial charge in [-0.15, -0.1) is 11.3 Å². The third-order valence-corrected chi connectivity index (χ3v) is 6.16. The molecule has 2 aromatic heterocycles. The number of amides is 3. The van der Waals surface area contributed by atoms with Crippen LogP contribution in [-0.4, -0.2) is 41.9 Å². The van der Waals surface area contributed by atoms with Gasteiger partial charge < -0.3 is 10.2 Å². The number of nitrogens with zero attached hydrogens (tertiary/aromatic N) is 2. The Morgan fingerprint density at radius 3 is 2.88 bits per heavy atom. The molecule has 0 spiro atoms. The largest absolute Gasteiger partial charge is 0.333 e. The summed E-state index contributed by atoms with van der Waals surface area (Å²) in [6.45, 7) is 1.18. The third kappa shape index (κ3) is 2.53. The van der Waals surface area contributed by atoms with Crippen LogP contribution in [0.25, 0.3) is 0 Å². The molecule has 2 aromatic rings. The molecule has 5 nitrogen and oxygen atoms in total. The monoisotopic (exact) mass is 359 g/mol. The molecule has 0 aromatic carbocycles. The summed E-state index contributed by atoms with van der Waals surface area (Å²) >= 11 is 3.27. The molecule has 4 heterocycles. The predicted molar refractivity (Wildman–Crippen MR) is 95.0 cm³/mol. The maximum absolute atomic E-state index is 13.0. The van der Waals surface area contributed by atoms with Crippen LogP contribution in [0.3, 0.4) is 0 Å².